The van der Waals surface area contributed by atoms with Gasteiger partial charge in [-0.2, -0.15) is 0 Å². The zero-order valence-corrected chi connectivity index (χ0v) is 9.92. The number of halogens is 1. The quantitative estimate of drug-likeness (QED) is 0.808. The first-order chi connectivity index (χ1) is 7.27. The largest absolute Gasteiger partial charge is 0.383 e. The third-order valence-corrected chi connectivity index (χ3v) is 2.48. The number of aromatic nitrogens is 1. The maximum absolute atomic E-state index is 6.04. The minimum atomic E-state index is 0.271. The number of ether oxygens (including phenoxy) is 1. The average Bonchev–Trinajstić information content (AvgIpc) is 2.22. The van der Waals surface area contributed by atoms with Crippen molar-refractivity contribution < 1.29 is 4.74 Å². The number of methoxy groups -OCH3 is 1. The Kier molecular flexibility index (Phi) is 5.61. The molecule has 1 aromatic heterocycles. The third kappa shape index (κ3) is 4.16. The van der Waals surface area contributed by atoms with Gasteiger partial charge in [0, 0.05) is 25.8 Å². The van der Waals surface area contributed by atoms with E-state index in [1.165, 1.54) is 0 Å². The summed E-state index contributed by atoms with van der Waals surface area (Å²) in [6.45, 7) is 3.65. The van der Waals surface area contributed by atoms with Crippen molar-refractivity contribution in [1.29, 1.82) is 0 Å². The summed E-state index contributed by atoms with van der Waals surface area (Å²) < 4.78 is 5.14. The Balaban J connectivity index is 2.60. The van der Waals surface area contributed by atoms with Crippen molar-refractivity contribution in [3.05, 3.63) is 29.0 Å². The lowest BCUT2D eigenvalue weighted by atomic mass is 10.1. The van der Waals surface area contributed by atoms with Gasteiger partial charge in [-0.1, -0.05) is 18.5 Å². The molecule has 0 saturated carbocycles. The predicted octanol–water partition coefficient (Wildman–Crippen LogP) is 1.90. The molecular weight excluding hydrogens is 212 g/mol. The SMILES string of the molecule is CCNC(COC)Cc1ncccc1Cl. The highest BCUT2D eigenvalue weighted by molar-refractivity contribution is 6.31. The lowest BCUT2D eigenvalue weighted by Gasteiger charge is -2.16. The van der Waals surface area contributed by atoms with E-state index >= 15 is 0 Å². The third-order valence-electron chi connectivity index (χ3n) is 2.14. The van der Waals surface area contributed by atoms with Crippen molar-refractivity contribution in [3.63, 3.8) is 0 Å². The Morgan fingerprint density at radius 3 is 3.00 bits per heavy atom. The molecule has 0 radical (unpaired) electrons. The van der Waals surface area contributed by atoms with Crippen molar-refractivity contribution in [2.45, 2.75) is 19.4 Å². The van der Waals surface area contributed by atoms with Crippen LogP contribution in [0.2, 0.25) is 5.02 Å². The second-order valence-electron chi connectivity index (χ2n) is 3.35. The van der Waals surface area contributed by atoms with Crippen molar-refractivity contribution in [1.82, 2.24) is 10.3 Å². The van der Waals surface area contributed by atoms with Crippen LogP contribution in [0.25, 0.3) is 0 Å². The topological polar surface area (TPSA) is 34.1 Å². The van der Waals surface area contributed by atoms with E-state index in [9.17, 15) is 0 Å². The second-order valence-corrected chi connectivity index (χ2v) is 3.75. The van der Waals surface area contributed by atoms with Gasteiger partial charge in [0.15, 0.2) is 0 Å². The summed E-state index contributed by atoms with van der Waals surface area (Å²) in [6, 6.07) is 3.97. The van der Waals surface area contributed by atoms with E-state index in [0.29, 0.717) is 6.61 Å². The molecule has 0 aromatic carbocycles. The number of hydrogen-bond donors (Lipinski definition) is 1. The summed E-state index contributed by atoms with van der Waals surface area (Å²) in [7, 11) is 1.70. The lowest BCUT2D eigenvalue weighted by molar-refractivity contribution is 0.166. The van der Waals surface area contributed by atoms with Gasteiger partial charge in [-0.3, -0.25) is 4.98 Å². The van der Waals surface area contributed by atoms with Gasteiger partial charge in [-0.25, -0.2) is 0 Å². The zero-order valence-electron chi connectivity index (χ0n) is 9.16. The molecule has 0 bridgehead atoms. The summed E-state index contributed by atoms with van der Waals surface area (Å²) in [5.41, 5.74) is 0.919. The molecule has 0 amide bonds. The van der Waals surface area contributed by atoms with Crippen LogP contribution >= 0.6 is 11.6 Å². The molecule has 0 aliphatic carbocycles. The molecule has 1 rings (SSSR count). The lowest BCUT2D eigenvalue weighted by Crippen LogP contribution is -2.35. The number of rotatable bonds is 6. The number of hydrogen-bond acceptors (Lipinski definition) is 3. The van der Waals surface area contributed by atoms with E-state index in [1.807, 2.05) is 12.1 Å². The van der Waals surface area contributed by atoms with Gasteiger partial charge in [0.05, 0.1) is 17.3 Å². The Morgan fingerprint density at radius 2 is 2.40 bits per heavy atom. The molecule has 1 unspecified atom stereocenters. The van der Waals surface area contributed by atoms with Crippen molar-refractivity contribution in [2.75, 3.05) is 20.3 Å². The van der Waals surface area contributed by atoms with Crippen molar-refractivity contribution in [3.8, 4) is 0 Å². The van der Waals surface area contributed by atoms with Crippen LogP contribution in [0.4, 0.5) is 0 Å². The number of likely N-dealkylation sites (N-methyl/N-ethyl adjacent to an activating group) is 1. The summed E-state index contributed by atoms with van der Waals surface area (Å²) in [5, 5.41) is 4.05. The minimum Gasteiger partial charge on any atom is -0.383 e. The van der Waals surface area contributed by atoms with E-state index < -0.39 is 0 Å². The molecule has 0 saturated heterocycles. The van der Waals surface area contributed by atoms with E-state index in [-0.39, 0.29) is 6.04 Å². The Morgan fingerprint density at radius 1 is 1.60 bits per heavy atom. The normalized spacial score (nSPS) is 12.7. The maximum Gasteiger partial charge on any atom is 0.0622 e. The first-order valence-electron chi connectivity index (χ1n) is 5.09. The van der Waals surface area contributed by atoms with Gasteiger partial charge in [-0.15, -0.1) is 0 Å². The molecule has 0 aliphatic rings. The highest BCUT2D eigenvalue weighted by Gasteiger charge is 2.10. The van der Waals surface area contributed by atoms with Crippen LogP contribution in [0, 0.1) is 0 Å². The molecule has 84 valence electrons. The monoisotopic (exact) mass is 228 g/mol. The number of nitrogens with one attached hydrogen (secondary N) is 1. The fourth-order valence-electron chi connectivity index (χ4n) is 1.48. The number of pyridine rings is 1. The molecule has 1 heterocycles. The smallest absolute Gasteiger partial charge is 0.0622 e. The van der Waals surface area contributed by atoms with Crippen molar-refractivity contribution >= 4 is 11.6 Å². The Hall–Kier alpha value is -0.640. The Labute approximate surface area is 95.8 Å². The summed E-state index contributed by atoms with van der Waals surface area (Å²) in [5.74, 6) is 0. The molecule has 1 atom stereocenters. The van der Waals surface area contributed by atoms with Gasteiger partial charge in [-0.05, 0) is 18.7 Å². The van der Waals surface area contributed by atoms with Gasteiger partial charge in [0.1, 0.15) is 0 Å². The summed E-state index contributed by atoms with van der Waals surface area (Å²) in [4.78, 5) is 4.26. The van der Waals surface area contributed by atoms with Crippen LogP contribution in [0.15, 0.2) is 18.3 Å². The summed E-state index contributed by atoms with van der Waals surface area (Å²) in [6.07, 6.45) is 2.55. The van der Waals surface area contributed by atoms with Crippen LogP contribution < -0.4 is 5.32 Å². The first-order valence-corrected chi connectivity index (χ1v) is 5.47. The van der Waals surface area contributed by atoms with Gasteiger partial charge in [0.25, 0.3) is 0 Å². The van der Waals surface area contributed by atoms with E-state index in [0.717, 1.165) is 23.7 Å². The van der Waals surface area contributed by atoms with E-state index in [4.69, 9.17) is 16.3 Å². The second kappa shape index (κ2) is 6.77. The van der Waals surface area contributed by atoms with E-state index in [2.05, 4.69) is 17.2 Å². The molecule has 1 aromatic rings. The van der Waals surface area contributed by atoms with Gasteiger partial charge in [0.2, 0.25) is 0 Å². The highest BCUT2D eigenvalue weighted by atomic mass is 35.5. The van der Waals surface area contributed by atoms with Gasteiger partial charge < -0.3 is 10.1 Å². The van der Waals surface area contributed by atoms with Crippen LogP contribution in [-0.4, -0.2) is 31.3 Å². The molecule has 0 fully saturated rings. The predicted molar refractivity (Wildman–Crippen MR) is 62.3 cm³/mol. The maximum atomic E-state index is 6.04. The molecule has 1 N–H and O–H groups in total. The van der Waals surface area contributed by atoms with Crippen molar-refractivity contribution in [2.24, 2.45) is 0 Å². The van der Waals surface area contributed by atoms with E-state index in [1.54, 1.807) is 13.3 Å². The fourth-order valence-corrected chi connectivity index (χ4v) is 1.68. The van der Waals surface area contributed by atoms with Crippen LogP contribution in [0.1, 0.15) is 12.6 Å². The molecular formula is C11H17ClN2O. The minimum absolute atomic E-state index is 0.271. The number of nitrogens with zero attached hydrogens (tertiary/aromatic N) is 1. The molecule has 15 heavy (non-hydrogen) atoms. The van der Waals surface area contributed by atoms with Crippen LogP contribution in [0.5, 0.6) is 0 Å². The average molecular weight is 229 g/mol. The molecule has 0 aliphatic heterocycles. The highest BCUT2D eigenvalue weighted by Crippen LogP contribution is 2.13. The Bertz CT molecular complexity index is 288. The van der Waals surface area contributed by atoms with Gasteiger partial charge >= 0.3 is 0 Å². The first kappa shape index (κ1) is 12.4. The van der Waals surface area contributed by atoms with Crippen LogP contribution in [0.3, 0.4) is 0 Å². The standard InChI is InChI=1S/C11H17ClN2O/c1-3-13-9(8-15-2)7-11-10(12)5-4-6-14-11/h4-6,9,13H,3,7-8H2,1-2H3. The molecule has 0 spiro atoms. The summed E-state index contributed by atoms with van der Waals surface area (Å²) >= 11 is 6.04. The molecule has 4 heteroatoms. The fraction of sp³-hybridized carbons (Fsp3) is 0.545. The van der Waals surface area contributed by atoms with Crippen LogP contribution in [-0.2, 0) is 11.2 Å². The molecule has 3 nitrogen and oxygen atoms in total. The zero-order chi connectivity index (χ0) is 11.1.